The fourth-order valence-electron chi connectivity index (χ4n) is 1.93. The van der Waals surface area contributed by atoms with Crippen LogP contribution in [0.3, 0.4) is 0 Å². The molecule has 7 heteroatoms. The first kappa shape index (κ1) is 18.2. The van der Waals surface area contributed by atoms with Crippen molar-refractivity contribution in [3.63, 3.8) is 0 Å². The van der Waals surface area contributed by atoms with Crippen LogP contribution in [0.25, 0.3) is 0 Å². The molecule has 2 rings (SSSR count). The summed E-state index contributed by atoms with van der Waals surface area (Å²) in [4.78, 5) is 12.3. The molecule has 0 spiro atoms. The number of benzene rings is 2. The van der Waals surface area contributed by atoms with Crippen molar-refractivity contribution in [1.82, 2.24) is 4.72 Å². The van der Waals surface area contributed by atoms with Crippen molar-refractivity contribution < 1.29 is 13.2 Å². The SMILES string of the molecule is C=CCNS(=O)(=O)c1cccc(C(=O)Nc2ccc(C)c(Cl)c2)c1. The molecule has 0 heterocycles. The number of amides is 1. The number of anilines is 1. The molecule has 2 aromatic carbocycles. The smallest absolute Gasteiger partial charge is 0.255 e. The zero-order chi connectivity index (χ0) is 17.7. The van der Waals surface area contributed by atoms with Gasteiger partial charge in [0.25, 0.3) is 5.91 Å². The number of halogens is 1. The molecule has 0 bridgehead atoms. The van der Waals surface area contributed by atoms with Crippen LogP contribution in [-0.2, 0) is 10.0 Å². The van der Waals surface area contributed by atoms with Crippen molar-refractivity contribution in [2.45, 2.75) is 11.8 Å². The van der Waals surface area contributed by atoms with E-state index in [1.165, 1.54) is 30.3 Å². The third-order valence-electron chi connectivity index (χ3n) is 3.25. The van der Waals surface area contributed by atoms with E-state index in [1.807, 2.05) is 6.92 Å². The Labute approximate surface area is 146 Å². The van der Waals surface area contributed by atoms with Gasteiger partial charge in [0.15, 0.2) is 0 Å². The summed E-state index contributed by atoms with van der Waals surface area (Å²) >= 11 is 6.03. The number of nitrogens with one attached hydrogen (secondary N) is 2. The minimum absolute atomic E-state index is 0.0129. The van der Waals surface area contributed by atoms with Crippen molar-refractivity contribution in [1.29, 1.82) is 0 Å². The number of aryl methyl sites for hydroxylation is 1. The van der Waals surface area contributed by atoms with Crippen LogP contribution in [-0.4, -0.2) is 20.9 Å². The second kappa shape index (κ2) is 7.61. The summed E-state index contributed by atoms with van der Waals surface area (Å²) in [5.74, 6) is -0.421. The molecule has 0 atom stereocenters. The number of rotatable bonds is 6. The van der Waals surface area contributed by atoms with Crippen LogP contribution >= 0.6 is 11.6 Å². The monoisotopic (exact) mass is 364 g/mol. The predicted octanol–water partition coefficient (Wildman–Crippen LogP) is 3.37. The van der Waals surface area contributed by atoms with E-state index in [9.17, 15) is 13.2 Å². The van der Waals surface area contributed by atoms with Crippen LogP contribution in [0.4, 0.5) is 5.69 Å². The zero-order valence-corrected chi connectivity index (χ0v) is 14.6. The van der Waals surface area contributed by atoms with E-state index in [-0.39, 0.29) is 17.0 Å². The Balaban J connectivity index is 2.22. The Morgan fingerprint density at radius 2 is 2.00 bits per heavy atom. The maximum atomic E-state index is 12.3. The first-order valence-electron chi connectivity index (χ1n) is 7.11. The molecule has 5 nitrogen and oxygen atoms in total. The van der Waals surface area contributed by atoms with Gasteiger partial charge in [0.2, 0.25) is 10.0 Å². The Morgan fingerprint density at radius 3 is 2.67 bits per heavy atom. The lowest BCUT2D eigenvalue weighted by atomic mass is 10.2. The molecule has 0 fully saturated rings. The average molecular weight is 365 g/mol. The molecule has 0 saturated heterocycles. The summed E-state index contributed by atoms with van der Waals surface area (Å²) in [5, 5.41) is 3.23. The minimum Gasteiger partial charge on any atom is -0.322 e. The number of sulfonamides is 1. The molecule has 0 aliphatic carbocycles. The summed E-state index contributed by atoms with van der Waals surface area (Å²) in [6.07, 6.45) is 1.44. The summed E-state index contributed by atoms with van der Waals surface area (Å²) in [6, 6.07) is 10.9. The maximum absolute atomic E-state index is 12.3. The van der Waals surface area contributed by atoms with Crippen LogP contribution < -0.4 is 10.0 Å². The topological polar surface area (TPSA) is 75.3 Å². The number of hydrogen-bond acceptors (Lipinski definition) is 3. The zero-order valence-electron chi connectivity index (χ0n) is 13.0. The van der Waals surface area contributed by atoms with Crippen LogP contribution in [0.1, 0.15) is 15.9 Å². The van der Waals surface area contributed by atoms with Crippen molar-refractivity contribution >= 4 is 33.2 Å². The Bertz CT molecular complexity index is 879. The highest BCUT2D eigenvalue weighted by atomic mass is 35.5. The van der Waals surface area contributed by atoms with Gasteiger partial charge in [-0.05, 0) is 42.8 Å². The van der Waals surface area contributed by atoms with Crippen LogP contribution in [0.5, 0.6) is 0 Å². The van der Waals surface area contributed by atoms with E-state index >= 15 is 0 Å². The van der Waals surface area contributed by atoms with Crippen molar-refractivity contribution in [2.75, 3.05) is 11.9 Å². The maximum Gasteiger partial charge on any atom is 0.255 e. The van der Waals surface area contributed by atoms with E-state index in [1.54, 1.807) is 18.2 Å². The summed E-state index contributed by atoms with van der Waals surface area (Å²) < 4.78 is 26.6. The van der Waals surface area contributed by atoms with Gasteiger partial charge in [-0.1, -0.05) is 29.8 Å². The van der Waals surface area contributed by atoms with Gasteiger partial charge in [0.1, 0.15) is 0 Å². The van der Waals surface area contributed by atoms with Gasteiger partial charge in [-0.25, -0.2) is 13.1 Å². The quantitative estimate of drug-likeness (QED) is 0.772. The summed E-state index contributed by atoms with van der Waals surface area (Å²) in [5.41, 5.74) is 1.66. The van der Waals surface area contributed by atoms with Gasteiger partial charge in [0, 0.05) is 22.8 Å². The van der Waals surface area contributed by atoms with Gasteiger partial charge in [0.05, 0.1) is 4.90 Å². The van der Waals surface area contributed by atoms with E-state index < -0.39 is 15.9 Å². The standard InChI is InChI=1S/C17H17ClN2O3S/c1-3-9-19-24(22,23)15-6-4-5-13(10-15)17(21)20-14-8-7-12(2)16(18)11-14/h3-8,10-11,19H,1,9H2,2H3,(H,20,21). The Morgan fingerprint density at radius 1 is 1.25 bits per heavy atom. The Hall–Kier alpha value is -2.15. The first-order chi connectivity index (χ1) is 11.3. The van der Waals surface area contributed by atoms with Crippen molar-refractivity contribution in [3.05, 3.63) is 71.3 Å². The summed E-state index contributed by atoms with van der Waals surface area (Å²) in [6.45, 7) is 5.43. The van der Waals surface area contributed by atoms with Crippen LogP contribution in [0.15, 0.2) is 60.0 Å². The highest BCUT2D eigenvalue weighted by molar-refractivity contribution is 7.89. The van der Waals surface area contributed by atoms with Gasteiger partial charge in [-0.3, -0.25) is 4.79 Å². The van der Waals surface area contributed by atoms with E-state index in [0.717, 1.165) is 5.56 Å². The third kappa shape index (κ3) is 4.44. The molecular formula is C17H17ClN2O3S. The molecule has 1 amide bonds. The number of carbonyl (C=O) groups is 1. The summed E-state index contributed by atoms with van der Waals surface area (Å²) in [7, 11) is -3.69. The molecule has 0 aliphatic rings. The largest absolute Gasteiger partial charge is 0.322 e. The molecule has 2 aromatic rings. The molecule has 0 saturated carbocycles. The van der Waals surface area contributed by atoms with Crippen LogP contribution in [0, 0.1) is 6.92 Å². The van der Waals surface area contributed by atoms with Crippen molar-refractivity contribution in [3.8, 4) is 0 Å². The third-order valence-corrected chi connectivity index (χ3v) is 5.08. The first-order valence-corrected chi connectivity index (χ1v) is 8.98. The highest BCUT2D eigenvalue weighted by Gasteiger charge is 2.15. The highest BCUT2D eigenvalue weighted by Crippen LogP contribution is 2.21. The average Bonchev–Trinajstić information content (AvgIpc) is 2.56. The second-order valence-electron chi connectivity index (χ2n) is 5.09. The minimum atomic E-state index is -3.69. The van der Waals surface area contributed by atoms with Gasteiger partial charge < -0.3 is 5.32 Å². The normalized spacial score (nSPS) is 11.1. The fraction of sp³-hybridized carbons (Fsp3) is 0.118. The molecule has 0 radical (unpaired) electrons. The fourth-order valence-corrected chi connectivity index (χ4v) is 3.15. The molecular weight excluding hydrogens is 348 g/mol. The molecule has 126 valence electrons. The number of hydrogen-bond donors (Lipinski definition) is 2. The lowest BCUT2D eigenvalue weighted by Gasteiger charge is -2.09. The number of carbonyl (C=O) groups excluding carboxylic acids is 1. The van der Waals surface area contributed by atoms with Gasteiger partial charge in [-0.2, -0.15) is 0 Å². The van der Waals surface area contributed by atoms with Gasteiger partial charge in [-0.15, -0.1) is 6.58 Å². The van der Waals surface area contributed by atoms with Gasteiger partial charge >= 0.3 is 0 Å². The van der Waals surface area contributed by atoms with Crippen molar-refractivity contribution in [2.24, 2.45) is 0 Å². The van der Waals surface area contributed by atoms with E-state index in [0.29, 0.717) is 10.7 Å². The Kier molecular flexibility index (Phi) is 5.77. The lowest BCUT2D eigenvalue weighted by molar-refractivity contribution is 0.102. The second-order valence-corrected chi connectivity index (χ2v) is 7.26. The molecule has 2 N–H and O–H groups in total. The van der Waals surface area contributed by atoms with E-state index in [4.69, 9.17) is 11.6 Å². The molecule has 24 heavy (non-hydrogen) atoms. The molecule has 0 unspecified atom stereocenters. The van der Waals surface area contributed by atoms with Crippen LogP contribution in [0.2, 0.25) is 5.02 Å². The lowest BCUT2D eigenvalue weighted by Crippen LogP contribution is -2.24. The predicted molar refractivity (Wildman–Crippen MR) is 96.0 cm³/mol. The molecule has 0 aliphatic heterocycles. The van der Waals surface area contributed by atoms with E-state index in [2.05, 4.69) is 16.6 Å². The molecule has 0 aromatic heterocycles.